The fourth-order valence-electron chi connectivity index (χ4n) is 2.02. The number of carboxylic acid groups (broad SMARTS) is 1. The first-order valence-corrected chi connectivity index (χ1v) is 5.34. The second-order valence-corrected chi connectivity index (χ2v) is 4.03. The molecule has 0 bridgehead atoms. The molecule has 0 amide bonds. The van der Waals surface area contributed by atoms with E-state index in [2.05, 4.69) is 9.97 Å². The molecule has 1 atom stereocenters. The third kappa shape index (κ3) is 1.71. The van der Waals surface area contributed by atoms with Crippen LogP contribution in [-0.4, -0.2) is 21.0 Å². The molecule has 0 fully saturated rings. The summed E-state index contributed by atoms with van der Waals surface area (Å²) in [6, 6.07) is 0. The van der Waals surface area contributed by atoms with Gasteiger partial charge in [0.25, 0.3) is 5.89 Å². The molecule has 1 aliphatic carbocycles. The van der Waals surface area contributed by atoms with Crippen molar-refractivity contribution in [3.63, 3.8) is 0 Å². The fourth-order valence-corrected chi connectivity index (χ4v) is 2.02. The highest BCUT2D eigenvalue weighted by atomic mass is 16.4. The molecule has 0 aromatic carbocycles. The summed E-state index contributed by atoms with van der Waals surface area (Å²) in [4.78, 5) is 19.0. The van der Waals surface area contributed by atoms with Gasteiger partial charge in [0.1, 0.15) is 5.76 Å². The van der Waals surface area contributed by atoms with E-state index in [4.69, 9.17) is 13.9 Å². The monoisotopic (exact) mass is 234 g/mol. The molecule has 88 valence electrons. The van der Waals surface area contributed by atoms with Crippen LogP contribution in [0.1, 0.15) is 17.9 Å². The molecule has 17 heavy (non-hydrogen) atoms. The van der Waals surface area contributed by atoms with Crippen molar-refractivity contribution in [3.8, 4) is 11.7 Å². The minimum Gasteiger partial charge on any atom is -0.481 e. The number of carboxylic acids is 1. The third-order valence-electron chi connectivity index (χ3n) is 2.93. The van der Waals surface area contributed by atoms with Crippen molar-refractivity contribution in [1.29, 1.82) is 0 Å². The topological polar surface area (TPSA) is 89.4 Å². The number of carbonyl (C=O) groups is 1. The van der Waals surface area contributed by atoms with Crippen LogP contribution in [0.4, 0.5) is 0 Å². The Morgan fingerprint density at radius 2 is 2.41 bits per heavy atom. The van der Waals surface area contributed by atoms with Crippen LogP contribution >= 0.6 is 0 Å². The van der Waals surface area contributed by atoms with Gasteiger partial charge in [0.2, 0.25) is 5.76 Å². The average molecular weight is 234 g/mol. The Bertz CT molecular complexity index is 544. The molecule has 2 heterocycles. The highest BCUT2D eigenvalue weighted by molar-refractivity contribution is 5.70. The fraction of sp³-hybridized carbons (Fsp3) is 0.364. The van der Waals surface area contributed by atoms with Gasteiger partial charge in [-0.1, -0.05) is 0 Å². The highest BCUT2D eigenvalue weighted by Crippen LogP contribution is 2.29. The maximum atomic E-state index is 10.9. The lowest BCUT2D eigenvalue weighted by Crippen LogP contribution is -2.21. The SMILES string of the molecule is O=C(O)C1CCc2oc(-c3cnco3)nc2C1. The summed E-state index contributed by atoms with van der Waals surface area (Å²) < 4.78 is 10.6. The molecule has 0 aliphatic heterocycles. The summed E-state index contributed by atoms with van der Waals surface area (Å²) in [6.07, 6.45) is 4.44. The van der Waals surface area contributed by atoms with Crippen molar-refractivity contribution in [3.05, 3.63) is 24.0 Å². The van der Waals surface area contributed by atoms with Crippen molar-refractivity contribution in [1.82, 2.24) is 9.97 Å². The van der Waals surface area contributed by atoms with E-state index < -0.39 is 5.97 Å². The number of aromatic nitrogens is 2. The third-order valence-corrected chi connectivity index (χ3v) is 2.93. The molecule has 2 aromatic rings. The van der Waals surface area contributed by atoms with Crippen molar-refractivity contribution in [2.24, 2.45) is 5.92 Å². The lowest BCUT2D eigenvalue weighted by Gasteiger charge is -2.15. The molecule has 6 heteroatoms. The molecule has 0 saturated carbocycles. The van der Waals surface area contributed by atoms with Gasteiger partial charge >= 0.3 is 5.97 Å². The summed E-state index contributed by atoms with van der Waals surface area (Å²) in [7, 11) is 0. The zero-order chi connectivity index (χ0) is 11.8. The molecule has 0 spiro atoms. The van der Waals surface area contributed by atoms with E-state index in [9.17, 15) is 4.79 Å². The first kappa shape index (κ1) is 10.1. The highest BCUT2D eigenvalue weighted by Gasteiger charge is 2.29. The minimum absolute atomic E-state index is 0.366. The van der Waals surface area contributed by atoms with Gasteiger partial charge in [-0.2, -0.15) is 0 Å². The molecule has 1 N–H and O–H groups in total. The van der Waals surface area contributed by atoms with Crippen LogP contribution in [0, 0.1) is 5.92 Å². The molecule has 6 nitrogen and oxygen atoms in total. The minimum atomic E-state index is -0.778. The molecule has 1 unspecified atom stereocenters. The maximum Gasteiger partial charge on any atom is 0.306 e. The standard InChI is InChI=1S/C11H10N2O4/c14-11(15)6-1-2-8-7(3-6)13-10(17-8)9-4-12-5-16-9/h4-6H,1-3H2,(H,14,15). The van der Waals surface area contributed by atoms with Crippen LogP contribution in [-0.2, 0) is 17.6 Å². The van der Waals surface area contributed by atoms with E-state index in [1.807, 2.05) is 0 Å². The van der Waals surface area contributed by atoms with E-state index in [0.717, 1.165) is 11.5 Å². The summed E-state index contributed by atoms with van der Waals surface area (Å²) >= 11 is 0. The van der Waals surface area contributed by atoms with Crippen molar-refractivity contribution >= 4 is 5.97 Å². The molecular formula is C11H10N2O4. The Morgan fingerprint density at radius 3 is 3.12 bits per heavy atom. The van der Waals surface area contributed by atoms with Crippen LogP contribution in [0.25, 0.3) is 11.7 Å². The van der Waals surface area contributed by atoms with Gasteiger partial charge in [-0.3, -0.25) is 4.79 Å². The molecule has 2 aromatic heterocycles. The first-order valence-electron chi connectivity index (χ1n) is 5.34. The van der Waals surface area contributed by atoms with E-state index in [0.29, 0.717) is 30.9 Å². The number of hydrogen-bond donors (Lipinski definition) is 1. The number of rotatable bonds is 2. The summed E-state index contributed by atoms with van der Waals surface area (Å²) in [6.45, 7) is 0. The Morgan fingerprint density at radius 1 is 1.53 bits per heavy atom. The zero-order valence-corrected chi connectivity index (χ0v) is 8.92. The second-order valence-electron chi connectivity index (χ2n) is 4.03. The Hall–Kier alpha value is -2.11. The van der Waals surface area contributed by atoms with Gasteiger partial charge in [-0.25, -0.2) is 9.97 Å². The summed E-state index contributed by atoms with van der Waals surface area (Å²) in [5.74, 6) is 0.453. The van der Waals surface area contributed by atoms with Gasteiger partial charge in [0.05, 0.1) is 17.8 Å². The predicted octanol–water partition coefficient (Wildman–Crippen LogP) is 1.52. The van der Waals surface area contributed by atoms with Gasteiger partial charge in [-0.15, -0.1) is 0 Å². The van der Waals surface area contributed by atoms with E-state index in [1.165, 1.54) is 12.6 Å². The molecular weight excluding hydrogens is 224 g/mol. The second kappa shape index (κ2) is 3.73. The summed E-state index contributed by atoms with van der Waals surface area (Å²) in [5.41, 5.74) is 0.718. The zero-order valence-electron chi connectivity index (χ0n) is 8.92. The number of nitrogens with zero attached hydrogens (tertiary/aromatic N) is 2. The molecule has 0 radical (unpaired) electrons. The van der Waals surface area contributed by atoms with E-state index in [1.54, 1.807) is 0 Å². The van der Waals surface area contributed by atoms with E-state index >= 15 is 0 Å². The molecule has 1 aliphatic rings. The predicted molar refractivity (Wildman–Crippen MR) is 55.2 cm³/mol. The van der Waals surface area contributed by atoms with Crippen molar-refractivity contribution < 1.29 is 18.7 Å². The van der Waals surface area contributed by atoms with Crippen molar-refractivity contribution in [2.45, 2.75) is 19.3 Å². The maximum absolute atomic E-state index is 10.9. The van der Waals surface area contributed by atoms with Crippen LogP contribution in [0.2, 0.25) is 0 Å². The lowest BCUT2D eigenvalue weighted by atomic mass is 9.90. The Labute approximate surface area is 96.3 Å². The Balaban J connectivity index is 1.92. The van der Waals surface area contributed by atoms with E-state index in [-0.39, 0.29) is 5.92 Å². The number of aryl methyl sites for hydroxylation is 1. The largest absolute Gasteiger partial charge is 0.481 e. The number of fused-ring (bicyclic) bond motifs is 1. The quantitative estimate of drug-likeness (QED) is 0.847. The lowest BCUT2D eigenvalue weighted by molar-refractivity contribution is -0.142. The molecule has 3 rings (SSSR count). The average Bonchev–Trinajstić information content (AvgIpc) is 2.96. The van der Waals surface area contributed by atoms with Crippen LogP contribution in [0.15, 0.2) is 21.4 Å². The van der Waals surface area contributed by atoms with Crippen LogP contribution in [0.5, 0.6) is 0 Å². The van der Waals surface area contributed by atoms with Crippen molar-refractivity contribution in [2.75, 3.05) is 0 Å². The Kier molecular flexibility index (Phi) is 2.21. The number of aliphatic carboxylic acids is 1. The van der Waals surface area contributed by atoms with Gasteiger partial charge in [0.15, 0.2) is 6.39 Å². The normalized spacial score (nSPS) is 18.9. The van der Waals surface area contributed by atoms with Gasteiger partial charge in [0, 0.05) is 12.8 Å². The first-order chi connectivity index (χ1) is 8.24. The van der Waals surface area contributed by atoms with Crippen LogP contribution in [0.3, 0.4) is 0 Å². The smallest absolute Gasteiger partial charge is 0.306 e. The van der Waals surface area contributed by atoms with Gasteiger partial charge in [-0.05, 0) is 6.42 Å². The number of hydrogen-bond acceptors (Lipinski definition) is 5. The van der Waals surface area contributed by atoms with Gasteiger partial charge < -0.3 is 13.9 Å². The van der Waals surface area contributed by atoms with Crippen LogP contribution < -0.4 is 0 Å². The molecule has 0 saturated heterocycles. The number of oxazole rings is 2. The summed E-state index contributed by atoms with van der Waals surface area (Å²) in [5, 5.41) is 8.97.